The van der Waals surface area contributed by atoms with Crippen LogP contribution in [0.25, 0.3) is 0 Å². The van der Waals surface area contributed by atoms with Crippen LogP contribution in [0.5, 0.6) is 0 Å². The zero-order chi connectivity index (χ0) is 8.85. The van der Waals surface area contributed by atoms with Crippen molar-refractivity contribution < 1.29 is 0 Å². The highest BCUT2D eigenvalue weighted by Crippen LogP contribution is 2.06. The fourth-order valence-electron chi connectivity index (χ4n) is 0.878. The van der Waals surface area contributed by atoms with E-state index >= 15 is 0 Å². The molecule has 66 valence electrons. The highest BCUT2D eigenvalue weighted by Gasteiger charge is 1.98. The zero-order valence-corrected chi connectivity index (χ0v) is 8.15. The second-order valence-corrected chi connectivity index (χ2v) is 3.15. The van der Waals surface area contributed by atoms with Gasteiger partial charge < -0.3 is 10.6 Å². The van der Waals surface area contributed by atoms with E-state index in [4.69, 9.17) is 5.73 Å². The molecular formula is C9H20N2. The van der Waals surface area contributed by atoms with Gasteiger partial charge in [0.05, 0.1) is 0 Å². The lowest BCUT2D eigenvalue weighted by Crippen LogP contribution is -2.20. The van der Waals surface area contributed by atoms with Crippen molar-refractivity contribution in [2.45, 2.75) is 27.2 Å². The van der Waals surface area contributed by atoms with Crippen molar-refractivity contribution in [1.29, 1.82) is 0 Å². The summed E-state index contributed by atoms with van der Waals surface area (Å²) in [4.78, 5) is 2.25. The summed E-state index contributed by atoms with van der Waals surface area (Å²) in [6.07, 6.45) is 1.07. The molecule has 0 fully saturated rings. The van der Waals surface area contributed by atoms with Gasteiger partial charge in [-0.15, -0.1) is 0 Å². The molecule has 0 bridgehead atoms. The summed E-state index contributed by atoms with van der Waals surface area (Å²) in [5, 5.41) is 0. The first kappa shape index (κ1) is 10.5. The molecule has 0 unspecified atom stereocenters. The molecule has 0 saturated carbocycles. The normalized spacial score (nSPS) is 9.55. The van der Waals surface area contributed by atoms with Gasteiger partial charge in [0.1, 0.15) is 0 Å². The Morgan fingerprint density at radius 1 is 1.27 bits per heavy atom. The first-order valence-electron chi connectivity index (χ1n) is 4.15. The van der Waals surface area contributed by atoms with Crippen LogP contribution in [0.2, 0.25) is 0 Å². The summed E-state index contributed by atoms with van der Waals surface area (Å²) in [6.45, 7) is 8.25. The van der Waals surface area contributed by atoms with Crippen LogP contribution in [0.4, 0.5) is 0 Å². The summed E-state index contributed by atoms with van der Waals surface area (Å²) >= 11 is 0. The monoisotopic (exact) mass is 156 g/mol. The van der Waals surface area contributed by atoms with Crippen LogP contribution in [-0.4, -0.2) is 25.0 Å². The lowest BCUT2D eigenvalue weighted by molar-refractivity contribution is 0.408. The SMILES string of the molecule is CC(C)=C(C)N(C)CCCN. The fraction of sp³-hybridized carbons (Fsp3) is 0.778. The maximum Gasteiger partial charge on any atom is 0.0183 e. The van der Waals surface area contributed by atoms with Crippen molar-refractivity contribution in [3.63, 3.8) is 0 Å². The molecule has 0 aromatic heterocycles. The third kappa shape index (κ3) is 4.04. The minimum absolute atomic E-state index is 0.778. The van der Waals surface area contributed by atoms with Gasteiger partial charge in [-0.3, -0.25) is 0 Å². The Morgan fingerprint density at radius 2 is 1.82 bits per heavy atom. The van der Waals surface area contributed by atoms with E-state index in [0.29, 0.717) is 0 Å². The lowest BCUT2D eigenvalue weighted by atomic mass is 10.2. The molecule has 0 radical (unpaired) electrons. The van der Waals surface area contributed by atoms with Gasteiger partial charge in [0.25, 0.3) is 0 Å². The van der Waals surface area contributed by atoms with Crippen LogP contribution in [0.1, 0.15) is 27.2 Å². The maximum atomic E-state index is 5.41. The Hall–Kier alpha value is -0.500. The standard InChI is InChI=1S/C9H20N2/c1-8(2)9(3)11(4)7-5-6-10/h5-7,10H2,1-4H3. The minimum Gasteiger partial charge on any atom is -0.378 e. The van der Waals surface area contributed by atoms with Gasteiger partial charge in [-0.05, 0) is 33.7 Å². The predicted octanol–water partition coefficient (Wildman–Crippen LogP) is 1.58. The van der Waals surface area contributed by atoms with Crippen molar-refractivity contribution in [3.05, 3.63) is 11.3 Å². The number of rotatable bonds is 4. The molecule has 2 heteroatoms. The van der Waals surface area contributed by atoms with E-state index in [9.17, 15) is 0 Å². The second-order valence-electron chi connectivity index (χ2n) is 3.15. The van der Waals surface area contributed by atoms with Gasteiger partial charge in [0.15, 0.2) is 0 Å². The molecule has 2 N–H and O–H groups in total. The van der Waals surface area contributed by atoms with E-state index in [1.165, 1.54) is 11.3 Å². The molecule has 0 saturated heterocycles. The quantitative estimate of drug-likeness (QED) is 0.669. The highest BCUT2D eigenvalue weighted by atomic mass is 15.1. The predicted molar refractivity (Wildman–Crippen MR) is 50.3 cm³/mol. The number of nitrogens with two attached hydrogens (primary N) is 1. The first-order valence-corrected chi connectivity index (χ1v) is 4.15. The van der Waals surface area contributed by atoms with Crippen molar-refractivity contribution >= 4 is 0 Å². The van der Waals surface area contributed by atoms with Gasteiger partial charge >= 0.3 is 0 Å². The molecule has 0 aliphatic carbocycles. The molecule has 2 nitrogen and oxygen atoms in total. The number of nitrogens with zero attached hydrogens (tertiary/aromatic N) is 1. The van der Waals surface area contributed by atoms with Crippen LogP contribution >= 0.6 is 0 Å². The highest BCUT2D eigenvalue weighted by molar-refractivity contribution is 5.04. The van der Waals surface area contributed by atoms with Gasteiger partial charge in [0, 0.05) is 19.3 Å². The maximum absolute atomic E-state index is 5.41. The van der Waals surface area contributed by atoms with Crippen molar-refractivity contribution in [3.8, 4) is 0 Å². The molecule has 0 spiro atoms. The number of hydrogen-bond acceptors (Lipinski definition) is 2. The van der Waals surface area contributed by atoms with Crippen LogP contribution in [-0.2, 0) is 0 Å². The minimum atomic E-state index is 0.778. The number of hydrogen-bond donors (Lipinski definition) is 1. The Labute approximate surface area is 70.1 Å². The largest absolute Gasteiger partial charge is 0.378 e. The Balaban J connectivity index is 3.83. The van der Waals surface area contributed by atoms with E-state index < -0.39 is 0 Å². The van der Waals surface area contributed by atoms with Crippen molar-refractivity contribution in [2.75, 3.05) is 20.1 Å². The Morgan fingerprint density at radius 3 is 2.18 bits per heavy atom. The van der Waals surface area contributed by atoms with E-state index in [-0.39, 0.29) is 0 Å². The molecule has 0 atom stereocenters. The molecule has 0 aliphatic rings. The van der Waals surface area contributed by atoms with Crippen molar-refractivity contribution in [1.82, 2.24) is 4.90 Å². The van der Waals surface area contributed by atoms with Gasteiger partial charge in [-0.25, -0.2) is 0 Å². The third-order valence-electron chi connectivity index (χ3n) is 1.99. The molecule has 0 aromatic rings. The van der Waals surface area contributed by atoms with E-state index in [2.05, 4.69) is 32.7 Å². The molecule has 0 amide bonds. The summed E-state index contributed by atoms with van der Waals surface area (Å²) < 4.78 is 0. The number of allylic oxidation sites excluding steroid dienone is 2. The molecule has 11 heavy (non-hydrogen) atoms. The summed E-state index contributed by atoms with van der Waals surface area (Å²) in [6, 6.07) is 0. The molecule has 0 heterocycles. The Bertz CT molecular complexity index is 134. The second kappa shape index (κ2) is 5.19. The summed E-state index contributed by atoms with van der Waals surface area (Å²) in [5.41, 5.74) is 8.15. The van der Waals surface area contributed by atoms with E-state index in [1.807, 2.05) is 0 Å². The average molecular weight is 156 g/mol. The molecular weight excluding hydrogens is 136 g/mol. The topological polar surface area (TPSA) is 29.3 Å². The molecule has 0 aromatic carbocycles. The van der Waals surface area contributed by atoms with Crippen LogP contribution in [0, 0.1) is 0 Å². The third-order valence-corrected chi connectivity index (χ3v) is 1.99. The lowest BCUT2D eigenvalue weighted by Gasteiger charge is -2.20. The van der Waals surface area contributed by atoms with E-state index in [1.54, 1.807) is 0 Å². The molecule has 0 rings (SSSR count). The van der Waals surface area contributed by atoms with E-state index in [0.717, 1.165) is 19.5 Å². The fourth-order valence-corrected chi connectivity index (χ4v) is 0.878. The van der Waals surface area contributed by atoms with Crippen LogP contribution in [0.15, 0.2) is 11.3 Å². The van der Waals surface area contributed by atoms with Crippen LogP contribution < -0.4 is 5.73 Å². The smallest absolute Gasteiger partial charge is 0.0183 e. The summed E-state index contributed by atoms with van der Waals surface area (Å²) in [7, 11) is 2.11. The van der Waals surface area contributed by atoms with Crippen LogP contribution in [0.3, 0.4) is 0 Å². The first-order chi connectivity index (χ1) is 5.09. The van der Waals surface area contributed by atoms with Gasteiger partial charge in [-0.2, -0.15) is 0 Å². The summed E-state index contributed by atoms with van der Waals surface area (Å²) in [5.74, 6) is 0. The zero-order valence-electron chi connectivity index (χ0n) is 8.15. The molecule has 0 aliphatic heterocycles. The van der Waals surface area contributed by atoms with Gasteiger partial charge in [0.2, 0.25) is 0 Å². The Kier molecular flexibility index (Phi) is 4.95. The van der Waals surface area contributed by atoms with Crippen molar-refractivity contribution in [2.24, 2.45) is 5.73 Å². The average Bonchev–Trinajstić information content (AvgIpc) is 1.98. The van der Waals surface area contributed by atoms with Gasteiger partial charge in [-0.1, -0.05) is 5.57 Å².